The van der Waals surface area contributed by atoms with E-state index in [1.807, 2.05) is 39.8 Å². The average Bonchev–Trinajstić information content (AvgIpc) is 4.04. The Hall–Kier alpha value is -4.21. The molecule has 1 aromatic carbocycles. The molecule has 1 aromatic heterocycles. The monoisotopic (exact) mass is 782 g/mol. The molecule has 0 unspecified atom stereocenters. The van der Waals surface area contributed by atoms with Crippen LogP contribution in [0.25, 0.3) is 11.0 Å². The molecule has 5 aliphatic rings. The van der Waals surface area contributed by atoms with E-state index < -0.39 is 74.1 Å². The number of benzene rings is 1. The summed E-state index contributed by atoms with van der Waals surface area (Å²) >= 11 is 0. The molecule has 15 nitrogen and oxygen atoms in total. The van der Waals surface area contributed by atoms with E-state index in [9.17, 15) is 27.6 Å². The Bertz CT molecular complexity index is 1970. The number of nitrogens with one attached hydrogen (secondary N) is 3. The van der Waals surface area contributed by atoms with Crippen LogP contribution in [0.4, 0.5) is 4.79 Å². The lowest BCUT2D eigenvalue weighted by molar-refractivity contribution is -0.143. The van der Waals surface area contributed by atoms with E-state index in [0.717, 1.165) is 32.1 Å². The minimum absolute atomic E-state index is 0.0319. The first-order valence-corrected chi connectivity index (χ1v) is 21.3. The van der Waals surface area contributed by atoms with Crippen molar-refractivity contribution < 1.29 is 41.8 Å². The van der Waals surface area contributed by atoms with Gasteiger partial charge >= 0.3 is 6.09 Å². The fraction of sp³-hybridized carbons (Fsp3) is 0.692. The molecule has 3 aliphatic carbocycles. The number of alkyl carbamates (subject to hydrolysis) is 1. The molecule has 2 bridgehead atoms. The summed E-state index contributed by atoms with van der Waals surface area (Å²) in [5, 5.41) is 5.11. The van der Waals surface area contributed by atoms with Crippen LogP contribution in [0.2, 0.25) is 0 Å². The molecule has 7 rings (SSSR count). The van der Waals surface area contributed by atoms with E-state index in [4.69, 9.17) is 24.2 Å². The highest BCUT2D eigenvalue weighted by Crippen LogP contribution is 2.47. The number of ether oxygens (including phenoxy) is 3. The van der Waals surface area contributed by atoms with Gasteiger partial charge in [-0.15, -0.1) is 0 Å². The maximum Gasteiger partial charge on any atom is 0.408 e. The standard InChI is InChI=1S/C39H54N6O9S/c1-7-23-19-39(23,36(48)44-55(50,51)25-14-15-25)43-33(46)31-21(2)30-20-45(31)35(47)32(38(3,4)5)42-37(49)54-29-17-22(29)11-9-8-10-12-27-34(53-30)41-28-18-24(52-6)13-16-26(28)40-27/h13,16,18,21-23,25,29-32H,7-12,14-15,17,19-20H2,1-6H3,(H,42,49)(H,43,46)(H,44,48)/t21-,22-,23-,29-,30+,31+,32-,39-/m1/s1. The van der Waals surface area contributed by atoms with Crippen LogP contribution in [-0.4, -0.2) is 95.8 Å². The Morgan fingerprint density at radius 1 is 1.05 bits per heavy atom. The number of hydrogen-bond acceptors (Lipinski definition) is 11. The number of amides is 4. The first-order valence-electron chi connectivity index (χ1n) is 19.7. The highest BCUT2D eigenvalue weighted by Gasteiger charge is 2.63. The molecule has 2 aromatic rings. The predicted molar refractivity (Wildman–Crippen MR) is 201 cm³/mol. The van der Waals surface area contributed by atoms with E-state index >= 15 is 0 Å². The van der Waals surface area contributed by atoms with Crippen LogP contribution in [0.5, 0.6) is 11.6 Å². The summed E-state index contributed by atoms with van der Waals surface area (Å²) in [6, 6.07) is 3.23. The van der Waals surface area contributed by atoms with Gasteiger partial charge in [0.1, 0.15) is 41.3 Å². The van der Waals surface area contributed by atoms with Crippen LogP contribution >= 0.6 is 0 Å². The van der Waals surface area contributed by atoms with Gasteiger partial charge in [0.2, 0.25) is 27.7 Å². The molecule has 0 spiro atoms. The smallest absolute Gasteiger partial charge is 0.408 e. The number of fused-ring (bicyclic) bond motifs is 5. The largest absolute Gasteiger partial charge is 0.497 e. The molecular weight excluding hydrogens is 729 g/mol. The van der Waals surface area contributed by atoms with Gasteiger partial charge in [0.15, 0.2) is 0 Å². The second kappa shape index (κ2) is 14.7. The predicted octanol–water partition coefficient (Wildman–Crippen LogP) is 3.77. The molecule has 4 amide bonds. The molecule has 3 heterocycles. The molecule has 3 N–H and O–H groups in total. The van der Waals surface area contributed by atoms with Crippen molar-refractivity contribution in [2.75, 3.05) is 13.7 Å². The molecule has 1 saturated heterocycles. The normalized spacial score (nSPS) is 31.4. The van der Waals surface area contributed by atoms with Crippen molar-refractivity contribution in [2.24, 2.45) is 23.2 Å². The first-order chi connectivity index (χ1) is 26.0. The second-order valence-corrected chi connectivity index (χ2v) is 19.2. The van der Waals surface area contributed by atoms with Crippen LogP contribution < -0.4 is 24.8 Å². The first kappa shape index (κ1) is 39.0. The number of nitrogens with zero attached hydrogens (tertiary/aromatic N) is 3. The van der Waals surface area contributed by atoms with Crippen molar-refractivity contribution in [2.45, 2.75) is 134 Å². The van der Waals surface area contributed by atoms with E-state index in [1.54, 1.807) is 20.1 Å². The van der Waals surface area contributed by atoms with E-state index in [1.165, 1.54) is 4.90 Å². The second-order valence-electron chi connectivity index (χ2n) is 17.2. The van der Waals surface area contributed by atoms with E-state index in [2.05, 4.69) is 15.4 Å². The van der Waals surface area contributed by atoms with Gasteiger partial charge in [-0.25, -0.2) is 23.2 Å². The van der Waals surface area contributed by atoms with Crippen molar-refractivity contribution in [3.8, 4) is 11.6 Å². The summed E-state index contributed by atoms with van der Waals surface area (Å²) in [4.78, 5) is 67.5. The molecule has 3 saturated carbocycles. The van der Waals surface area contributed by atoms with E-state index in [0.29, 0.717) is 54.0 Å². The van der Waals surface area contributed by atoms with Gasteiger partial charge in [-0.05, 0) is 74.3 Å². The summed E-state index contributed by atoms with van der Waals surface area (Å²) in [5.74, 6) is -1.64. The summed E-state index contributed by atoms with van der Waals surface area (Å²) in [6.45, 7) is 9.12. The number of methoxy groups -OCH3 is 1. The lowest BCUT2D eigenvalue weighted by atomic mass is 9.85. The fourth-order valence-corrected chi connectivity index (χ4v) is 9.59. The Morgan fingerprint density at radius 2 is 1.82 bits per heavy atom. The third-order valence-electron chi connectivity index (χ3n) is 12.0. The maximum atomic E-state index is 14.8. The molecule has 4 fully saturated rings. The average molecular weight is 783 g/mol. The number of hydrogen-bond donors (Lipinski definition) is 3. The molecular formula is C39H54N6O9S. The van der Waals surface area contributed by atoms with Gasteiger partial charge in [-0.1, -0.05) is 53.9 Å². The Labute approximate surface area is 322 Å². The Balaban J connectivity index is 1.24. The molecule has 300 valence electrons. The van der Waals surface area contributed by atoms with Crippen LogP contribution in [0.3, 0.4) is 0 Å². The molecule has 16 heteroatoms. The van der Waals surface area contributed by atoms with Crippen LogP contribution in [0, 0.1) is 23.2 Å². The highest BCUT2D eigenvalue weighted by atomic mass is 32.2. The third kappa shape index (κ3) is 8.06. The fourth-order valence-electron chi connectivity index (χ4n) is 8.23. The molecule has 2 aliphatic heterocycles. The zero-order valence-electron chi connectivity index (χ0n) is 32.6. The maximum absolute atomic E-state index is 14.8. The van der Waals surface area contributed by atoms with E-state index in [-0.39, 0.29) is 30.9 Å². The molecule has 0 radical (unpaired) electrons. The Kier molecular flexibility index (Phi) is 10.4. The Morgan fingerprint density at radius 3 is 2.49 bits per heavy atom. The van der Waals surface area contributed by atoms with Gasteiger partial charge in [0.25, 0.3) is 5.91 Å². The van der Waals surface area contributed by atoms with Crippen LogP contribution in [-0.2, 0) is 35.6 Å². The van der Waals surface area contributed by atoms with Crippen molar-refractivity contribution in [3.05, 3.63) is 23.9 Å². The number of sulfonamides is 1. The van der Waals surface area contributed by atoms with Crippen molar-refractivity contribution >= 4 is 44.9 Å². The molecule has 8 atom stereocenters. The zero-order valence-corrected chi connectivity index (χ0v) is 33.4. The van der Waals surface area contributed by atoms with Crippen molar-refractivity contribution in [3.63, 3.8) is 0 Å². The minimum Gasteiger partial charge on any atom is -0.497 e. The van der Waals surface area contributed by atoms with Crippen LogP contribution in [0.1, 0.15) is 98.1 Å². The molecule has 55 heavy (non-hydrogen) atoms. The van der Waals surface area contributed by atoms with Crippen molar-refractivity contribution in [1.82, 2.24) is 30.2 Å². The highest BCUT2D eigenvalue weighted by molar-refractivity contribution is 7.91. The van der Waals surface area contributed by atoms with Gasteiger partial charge in [-0.2, -0.15) is 0 Å². The summed E-state index contributed by atoms with van der Waals surface area (Å²) in [7, 11) is -2.30. The summed E-state index contributed by atoms with van der Waals surface area (Å²) in [6.07, 6.45) is 5.09. The number of carbonyl (C=O) groups is 4. The quantitative estimate of drug-likeness (QED) is 0.370. The lowest BCUT2D eigenvalue weighted by Crippen LogP contribution is -2.61. The lowest BCUT2D eigenvalue weighted by Gasteiger charge is -2.36. The number of aromatic nitrogens is 2. The SMILES string of the molecule is CC[C@@H]1C[C@]1(NC(=O)[C@@H]1[C@H](C)[C@@H]2CN1C(=O)[C@H](C(C)(C)C)NC(=O)O[C@@H]1C[C@H]1CCCCCc1nc3ccc(OC)cc3nc1O2)C(=O)NS(=O)(=O)C1CC1. The number of rotatable bonds is 7. The number of carbonyl (C=O) groups excluding carboxylic acids is 4. The summed E-state index contributed by atoms with van der Waals surface area (Å²) in [5.41, 5.74) is -0.322. The number of aryl methyl sites for hydroxylation is 1. The zero-order chi connectivity index (χ0) is 39.4. The van der Waals surface area contributed by atoms with Gasteiger partial charge in [-0.3, -0.25) is 19.1 Å². The third-order valence-corrected chi connectivity index (χ3v) is 13.9. The van der Waals surface area contributed by atoms with Gasteiger partial charge in [0, 0.05) is 12.0 Å². The van der Waals surface area contributed by atoms with Gasteiger partial charge in [0.05, 0.1) is 29.9 Å². The van der Waals surface area contributed by atoms with Crippen LogP contribution in [0.15, 0.2) is 18.2 Å². The van der Waals surface area contributed by atoms with Crippen molar-refractivity contribution in [1.29, 1.82) is 0 Å². The summed E-state index contributed by atoms with van der Waals surface area (Å²) < 4.78 is 45.7. The topological polar surface area (TPSA) is 195 Å². The van der Waals surface area contributed by atoms with Gasteiger partial charge < -0.3 is 29.7 Å². The minimum atomic E-state index is -3.88.